The maximum atomic E-state index is 11.8. The van der Waals surface area contributed by atoms with Crippen LogP contribution < -0.4 is 10.1 Å². The number of benzene rings is 1. The van der Waals surface area contributed by atoms with Gasteiger partial charge in [0.15, 0.2) is 6.61 Å². The van der Waals surface area contributed by atoms with Gasteiger partial charge in [0, 0.05) is 24.0 Å². The van der Waals surface area contributed by atoms with E-state index in [0.717, 1.165) is 0 Å². The number of ether oxygens (including phenoxy) is 1. The molecule has 1 atom stereocenters. The molecule has 0 spiro atoms. The number of amides is 2. The van der Waals surface area contributed by atoms with Crippen molar-refractivity contribution in [3.63, 3.8) is 0 Å². The molecule has 2 amide bonds. The Morgan fingerprint density at radius 3 is 2.67 bits per heavy atom. The maximum absolute atomic E-state index is 11.8. The van der Waals surface area contributed by atoms with Crippen molar-refractivity contribution in [1.82, 2.24) is 10.2 Å². The van der Waals surface area contributed by atoms with E-state index in [1.807, 2.05) is 13.8 Å². The van der Waals surface area contributed by atoms with Crippen molar-refractivity contribution in [2.75, 3.05) is 13.2 Å². The number of halogens is 1. The number of carbonyl (C=O) groups is 2. The second kappa shape index (κ2) is 6.80. The van der Waals surface area contributed by atoms with E-state index in [4.69, 9.17) is 16.3 Å². The number of nitrogens with zero attached hydrogens (tertiary/aromatic N) is 1. The van der Waals surface area contributed by atoms with Crippen LogP contribution in [0.1, 0.15) is 20.3 Å². The number of hydrogen-bond donors (Lipinski definition) is 1. The normalized spacial score (nSPS) is 18.2. The number of carbonyl (C=O) groups excluding carboxylic acids is 2. The zero-order valence-electron chi connectivity index (χ0n) is 12.1. The zero-order chi connectivity index (χ0) is 15.4. The summed E-state index contributed by atoms with van der Waals surface area (Å²) in [5.41, 5.74) is 0. The molecule has 2 rings (SSSR count). The van der Waals surface area contributed by atoms with Gasteiger partial charge in [-0.3, -0.25) is 9.59 Å². The van der Waals surface area contributed by atoms with Crippen LogP contribution in [-0.4, -0.2) is 41.9 Å². The molecule has 1 aliphatic rings. The van der Waals surface area contributed by atoms with Crippen molar-refractivity contribution in [3.8, 4) is 5.75 Å². The molecule has 0 radical (unpaired) electrons. The predicted molar refractivity (Wildman–Crippen MR) is 80.3 cm³/mol. The second-order valence-corrected chi connectivity index (χ2v) is 5.79. The highest BCUT2D eigenvalue weighted by Gasteiger charge is 2.31. The first-order valence-corrected chi connectivity index (χ1v) is 7.30. The van der Waals surface area contributed by atoms with E-state index in [1.165, 1.54) is 0 Å². The molecule has 1 aliphatic heterocycles. The van der Waals surface area contributed by atoms with Crippen molar-refractivity contribution >= 4 is 23.4 Å². The molecule has 6 heteroatoms. The Labute approximate surface area is 129 Å². The van der Waals surface area contributed by atoms with E-state index in [2.05, 4.69) is 5.32 Å². The Morgan fingerprint density at radius 2 is 2.10 bits per heavy atom. The standard InChI is InChI=1S/C15H19ClN2O3/c1-10(2)18-8-12(7-15(18)20)17-14(19)9-21-13-5-3-11(16)4-6-13/h3-6,10,12H,7-9H2,1-2H3,(H,17,19). The summed E-state index contributed by atoms with van der Waals surface area (Å²) in [4.78, 5) is 25.3. The summed E-state index contributed by atoms with van der Waals surface area (Å²) in [5, 5.41) is 3.44. The fourth-order valence-electron chi connectivity index (χ4n) is 2.28. The topological polar surface area (TPSA) is 58.6 Å². The number of rotatable bonds is 5. The van der Waals surface area contributed by atoms with Crippen LogP contribution in [0.2, 0.25) is 5.02 Å². The molecule has 114 valence electrons. The first kappa shape index (κ1) is 15.6. The molecule has 21 heavy (non-hydrogen) atoms. The fourth-order valence-corrected chi connectivity index (χ4v) is 2.40. The summed E-state index contributed by atoms with van der Waals surface area (Å²) in [6.07, 6.45) is 0.352. The Morgan fingerprint density at radius 1 is 1.43 bits per heavy atom. The highest BCUT2D eigenvalue weighted by Crippen LogP contribution is 2.16. The molecule has 1 fully saturated rings. The van der Waals surface area contributed by atoms with Crippen molar-refractivity contribution < 1.29 is 14.3 Å². The van der Waals surface area contributed by atoms with Gasteiger partial charge in [-0.25, -0.2) is 0 Å². The summed E-state index contributed by atoms with van der Waals surface area (Å²) in [6.45, 7) is 4.41. The van der Waals surface area contributed by atoms with Gasteiger partial charge in [0.1, 0.15) is 5.75 Å². The molecule has 1 N–H and O–H groups in total. The van der Waals surface area contributed by atoms with E-state index >= 15 is 0 Å². The number of likely N-dealkylation sites (tertiary alicyclic amines) is 1. The van der Waals surface area contributed by atoms with Gasteiger partial charge in [-0.1, -0.05) is 11.6 Å². The van der Waals surface area contributed by atoms with Gasteiger partial charge in [-0.2, -0.15) is 0 Å². The lowest BCUT2D eigenvalue weighted by Gasteiger charge is -2.21. The molecule has 1 saturated heterocycles. The average Bonchev–Trinajstić information content (AvgIpc) is 2.79. The van der Waals surface area contributed by atoms with Gasteiger partial charge in [0.2, 0.25) is 5.91 Å². The Hall–Kier alpha value is -1.75. The predicted octanol–water partition coefficient (Wildman–Crippen LogP) is 1.84. The second-order valence-electron chi connectivity index (χ2n) is 5.35. The molecule has 1 aromatic rings. The van der Waals surface area contributed by atoms with Gasteiger partial charge >= 0.3 is 0 Å². The van der Waals surface area contributed by atoms with Gasteiger partial charge in [-0.15, -0.1) is 0 Å². The van der Waals surface area contributed by atoms with Gasteiger partial charge in [-0.05, 0) is 38.1 Å². The van der Waals surface area contributed by atoms with Gasteiger partial charge < -0.3 is 15.0 Å². The van der Waals surface area contributed by atoms with Crippen molar-refractivity contribution in [3.05, 3.63) is 29.3 Å². The van der Waals surface area contributed by atoms with Crippen LogP contribution >= 0.6 is 11.6 Å². The average molecular weight is 311 g/mol. The van der Waals surface area contributed by atoms with Crippen molar-refractivity contribution in [2.45, 2.75) is 32.4 Å². The third kappa shape index (κ3) is 4.36. The van der Waals surface area contributed by atoms with Crippen LogP contribution in [0.15, 0.2) is 24.3 Å². The van der Waals surface area contributed by atoms with E-state index in [0.29, 0.717) is 23.7 Å². The SMILES string of the molecule is CC(C)N1CC(NC(=O)COc2ccc(Cl)cc2)CC1=O. The lowest BCUT2D eigenvalue weighted by atomic mass is 10.2. The summed E-state index contributed by atoms with van der Waals surface area (Å²) >= 11 is 5.77. The zero-order valence-corrected chi connectivity index (χ0v) is 12.9. The molecule has 0 aromatic heterocycles. The van der Waals surface area contributed by atoms with Crippen LogP contribution in [0.4, 0.5) is 0 Å². The van der Waals surface area contributed by atoms with Crippen LogP contribution in [0.5, 0.6) is 5.75 Å². The van der Waals surface area contributed by atoms with Crippen LogP contribution in [-0.2, 0) is 9.59 Å². The van der Waals surface area contributed by atoms with Gasteiger partial charge in [0.05, 0.1) is 6.04 Å². The number of nitrogens with one attached hydrogen (secondary N) is 1. The summed E-state index contributed by atoms with van der Waals surface area (Å²) in [7, 11) is 0. The summed E-state index contributed by atoms with van der Waals surface area (Å²) in [6, 6.07) is 6.83. The summed E-state index contributed by atoms with van der Waals surface area (Å²) < 4.78 is 5.36. The van der Waals surface area contributed by atoms with Crippen molar-refractivity contribution in [2.24, 2.45) is 0 Å². The molecule has 0 bridgehead atoms. The highest BCUT2D eigenvalue weighted by molar-refractivity contribution is 6.30. The Kier molecular flexibility index (Phi) is 5.07. The quantitative estimate of drug-likeness (QED) is 0.903. The molecular weight excluding hydrogens is 292 g/mol. The van der Waals surface area contributed by atoms with E-state index in [9.17, 15) is 9.59 Å². The molecule has 1 aromatic carbocycles. The summed E-state index contributed by atoms with van der Waals surface area (Å²) in [5.74, 6) is 0.433. The van der Waals surface area contributed by atoms with Crippen LogP contribution in [0.3, 0.4) is 0 Å². The molecule has 1 unspecified atom stereocenters. The van der Waals surface area contributed by atoms with E-state index in [1.54, 1.807) is 29.2 Å². The smallest absolute Gasteiger partial charge is 0.258 e. The number of hydrogen-bond acceptors (Lipinski definition) is 3. The minimum Gasteiger partial charge on any atom is -0.484 e. The van der Waals surface area contributed by atoms with Crippen molar-refractivity contribution in [1.29, 1.82) is 0 Å². The third-order valence-electron chi connectivity index (χ3n) is 3.33. The lowest BCUT2D eigenvalue weighted by Crippen LogP contribution is -2.40. The highest BCUT2D eigenvalue weighted by atomic mass is 35.5. The molecule has 0 aliphatic carbocycles. The van der Waals surface area contributed by atoms with Gasteiger partial charge in [0.25, 0.3) is 5.91 Å². The first-order chi connectivity index (χ1) is 9.95. The first-order valence-electron chi connectivity index (χ1n) is 6.93. The molecular formula is C15H19ClN2O3. The fraction of sp³-hybridized carbons (Fsp3) is 0.467. The van der Waals surface area contributed by atoms with Crippen LogP contribution in [0, 0.1) is 0 Å². The van der Waals surface area contributed by atoms with E-state index < -0.39 is 0 Å². The maximum Gasteiger partial charge on any atom is 0.258 e. The third-order valence-corrected chi connectivity index (χ3v) is 3.58. The minimum atomic E-state index is -0.228. The molecule has 1 heterocycles. The minimum absolute atomic E-state index is 0.0754. The largest absolute Gasteiger partial charge is 0.484 e. The molecule has 5 nitrogen and oxygen atoms in total. The Bertz CT molecular complexity index is 516. The Balaban J connectivity index is 1.77. The molecule has 0 saturated carbocycles. The lowest BCUT2D eigenvalue weighted by molar-refractivity contribution is -0.129. The van der Waals surface area contributed by atoms with Crippen LogP contribution in [0.25, 0.3) is 0 Å². The van der Waals surface area contributed by atoms with E-state index in [-0.39, 0.29) is 30.5 Å². The monoisotopic (exact) mass is 310 g/mol.